The molecule has 0 spiro atoms. The molecule has 0 unspecified atom stereocenters. The molecule has 1 atom stereocenters. The summed E-state index contributed by atoms with van der Waals surface area (Å²) in [7, 11) is 0. The highest BCUT2D eigenvalue weighted by Crippen LogP contribution is 2.32. The van der Waals surface area contributed by atoms with Crippen LogP contribution >= 0.6 is 0 Å². The van der Waals surface area contributed by atoms with Gasteiger partial charge in [-0.25, -0.2) is 9.97 Å². The van der Waals surface area contributed by atoms with Crippen molar-refractivity contribution in [3.8, 4) is 17.4 Å². The largest absolute Gasteiger partial charge is 0.436 e. The monoisotopic (exact) mass is 392 g/mol. The van der Waals surface area contributed by atoms with Gasteiger partial charge >= 0.3 is 11.8 Å². The van der Waals surface area contributed by atoms with E-state index in [2.05, 4.69) is 14.9 Å². The zero-order valence-corrected chi connectivity index (χ0v) is 16.0. The van der Waals surface area contributed by atoms with Gasteiger partial charge in [0, 0.05) is 48.4 Å². The molecule has 29 heavy (non-hydrogen) atoms. The lowest BCUT2D eigenvalue weighted by Gasteiger charge is -2.33. The Kier molecular flexibility index (Phi) is 4.06. The van der Waals surface area contributed by atoms with E-state index in [0.717, 1.165) is 42.2 Å². The molecule has 3 aromatic rings. The van der Waals surface area contributed by atoms with E-state index in [-0.39, 0.29) is 5.82 Å². The molecule has 9 nitrogen and oxygen atoms in total. The summed E-state index contributed by atoms with van der Waals surface area (Å²) in [5.74, 6) is 0.580. The summed E-state index contributed by atoms with van der Waals surface area (Å²) in [5, 5.41) is 10.9. The number of aromatic nitrogens is 4. The second-order valence-corrected chi connectivity index (χ2v) is 7.81. The third-order valence-corrected chi connectivity index (χ3v) is 5.36. The van der Waals surface area contributed by atoms with Crippen molar-refractivity contribution >= 4 is 5.82 Å². The molecule has 2 aromatic heterocycles. The summed E-state index contributed by atoms with van der Waals surface area (Å²) in [4.78, 5) is 26.0. The van der Waals surface area contributed by atoms with E-state index in [4.69, 9.17) is 9.72 Å². The van der Waals surface area contributed by atoms with Gasteiger partial charge in [-0.05, 0) is 11.8 Å². The topological polar surface area (TPSA) is 99.2 Å². The molecule has 0 aliphatic carbocycles. The standard InChI is InChI=1S/C20H20N6O3/c1-20(13-25-11-17(26(27)28)23-19(25)29-20)12-24-8-7-16-15(10-24)9-21-18(22-16)14-5-3-2-4-6-14/h2-6,9,11H,7-8,10,12-13H2,1H3/t20-/m0/s1. The highest BCUT2D eigenvalue weighted by molar-refractivity contribution is 5.54. The average molecular weight is 392 g/mol. The normalized spacial score (nSPS) is 20.7. The van der Waals surface area contributed by atoms with Crippen LogP contribution in [0.4, 0.5) is 5.82 Å². The molecule has 5 rings (SSSR count). The second-order valence-electron chi connectivity index (χ2n) is 7.81. The molecule has 4 heterocycles. The van der Waals surface area contributed by atoms with Crippen LogP contribution in [0.5, 0.6) is 6.01 Å². The summed E-state index contributed by atoms with van der Waals surface area (Å²) >= 11 is 0. The molecule has 1 aromatic carbocycles. The lowest BCUT2D eigenvalue weighted by molar-refractivity contribution is -0.389. The number of imidazole rings is 1. The number of benzene rings is 1. The average Bonchev–Trinajstić information content (AvgIpc) is 3.23. The van der Waals surface area contributed by atoms with E-state index < -0.39 is 10.5 Å². The van der Waals surface area contributed by atoms with Gasteiger partial charge in [-0.15, -0.1) is 0 Å². The third-order valence-electron chi connectivity index (χ3n) is 5.36. The van der Waals surface area contributed by atoms with Gasteiger partial charge < -0.3 is 14.9 Å². The SMILES string of the molecule is C[C@]1(CN2CCc3nc(-c4ccccc4)ncc3C2)Cn2cc([N+](=O)[O-])nc2O1. The Bertz CT molecular complexity index is 1060. The molecule has 0 amide bonds. The Morgan fingerprint density at radius 2 is 2.10 bits per heavy atom. The van der Waals surface area contributed by atoms with Crippen molar-refractivity contribution in [3.05, 3.63) is 64.1 Å². The van der Waals surface area contributed by atoms with E-state index >= 15 is 0 Å². The summed E-state index contributed by atoms with van der Waals surface area (Å²) in [6.45, 7) is 4.88. The second kappa shape index (κ2) is 6.63. The van der Waals surface area contributed by atoms with Gasteiger partial charge in [0.05, 0.1) is 12.2 Å². The fourth-order valence-electron chi connectivity index (χ4n) is 4.07. The van der Waals surface area contributed by atoms with Crippen LogP contribution in [-0.4, -0.2) is 48.0 Å². The Hall–Kier alpha value is -3.33. The number of hydrogen-bond donors (Lipinski definition) is 0. The first-order valence-electron chi connectivity index (χ1n) is 9.52. The van der Waals surface area contributed by atoms with Gasteiger partial charge in [-0.1, -0.05) is 30.3 Å². The third kappa shape index (κ3) is 3.33. The van der Waals surface area contributed by atoms with E-state index in [9.17, 15) is 10.1 Å². The van der Waals surface area contributed by atoms with Gasteiger partial charge in [-0.3, -0.25) is 9.47 Å². The van der Waals surface area contributed by atoms with Crippen molar-refractivity contribution in [1.82, 2.24) is 24.4 Å². The van der Waals surface area contributed by atoms with Crippen molar-refractivity contribution in [2.45, 2.75) is 32.0 Å². The van der Waals surface area contributed by atoms with Crippen molar-refractivity contribution in [2.75, 3.05) is 13.1 Å². The van der Waals surface area contributed by atoms with Crippen LogP contribution in [0, 0.1) is 10.1 Å². The van der Waals surface area contributed by atoms with Crippen LogP contribution in [0.3, 0.4) is 0 Å². The molecule has 148 valence electrons. The number of nitro groups is 1. The fraction of sp³-hybridized carbons (Fsp3) is 0.350. The summed E-state index contributed by atoms with van der Waals surface area (Å²) in [5.41, 5.74) is 2.77. The number of rotatable bonds is 4. The summed E-state index contributed by atoms with van der Waals surface area (Å²) < 4.78 is 7.68. The van der Waals surface area contributed by atoms with Crippen molar-refractivity contribution in [1.29, 1.82) is 0 Å². The van der Waals surface area contributed by atoms with Crippen LogP contribution in [0.2, 0.25) is 0 Å². The van der Waals surface area contributed by atoms with Gasteiger partial charge in [0.1, 0.15) is 11.8 Å². The molecule has 0 saturated heterocycles. The van der Waals surface area contributed by atoms with E-state index in [1.54, 1.807) is 4.57 Å². The molecule has 0 radical (unpaired) electrons. The maximum absolute atomic E-state index is 10.9. The first-order chi connectivity index (χ1) is 14.0. The molecule has 2 aliphatic rings. The Morgan fingerprint density at radius 3 is 2.86 bits per heavy atom. The molecule has 0 saturated carbocycles. The van der Waals surface area contributed by atoms with E-state index in [0.29, 0.717) is 19.1 Å². The smallest absolute Gasteiger partial charge is 0.415 e. The van der Waals surface area contributed by atoms with Gasteiger partial charge in [-0.2, -0.15) is 0 Å². The minimum absolute atomic E-state index is 0.180. The molecule has 0 bridgehead atoms. The minimum atomic E-state index is -0.503. The molecule has 9 heteroatoms. The van der Waals surface area contributed by atoms with Crippen LogP contribution < -0.4 is 4.74 Å². The van der Waals surface area contributed by atoms with Gasteiger partial charge in [0.15, 0.2) is 5.82 Å². The van der Waals surface area contributed by atoms with Crippen molar-refractivity contribution in [3.63, 3.8) is 0 Å². The number of hydrogen-bond acceptors (Lipinski definition) is 7. The summed E-state index contributed by atoms with van der Waals surface area (Å²) in [6.07, 6.45) is 4.21. The lowest BCUT2D eigenvalue weighted by atomic mass is 10.0. The Balaban J connectivity index is 1.28. The number of nitrogens with zero attached hydrogens (tertiary/aromatic N) is 6. The number of fused-ring (bicyclic) bond motifs is 2. The first kappa shape index (κ1) is 17.7. The predicted octanol–water partition coefficient (Wildman–Crippen LogP) is 2.46. The first-order valence-corrected chi connectivity index (χ1v) is 9.52. The van der Waals surface area contributed by atoms with Crippen LogP contribution in [0.15, 0.2) is 42.7 Å². The minimum Gasteiger partial charge on any atom is -0.436 e. The molecular formula is C20H20N6O3. The van der Waals surface area contributed by atoms with Crippen LogP contribution in [-0.2, 0) is 19.5 Å². The quantitative estimate of drug-likeness (QED) is 0.497. The van der Waals surface area contributed by atoms with Crippen molar-refractivity contribution in [2.24, 2.45) is 0 Å². The van der Waals surface area contributed by atoms with Crippen molar-refractivity contribution < 1.29 is 9.66 Å². The zero-order valence-electron chi connectivity index (χ0n) is 16.0. The van der Waals surface area contributed by atoms with E-state index in [1.165, 1.54) is 6.20 Å². The highest BCUT2D eigenvalue weighted by atomic mass is 16.6. The Morgan fingerprint density at radius 1 is 1.28 bits per heavy atom. The van der Waals surface area contributed by atoms with E-state index in [1.807, 2.05) is 43.5 Å². The lowest BCUT2D eigenvalue weighted by Crippen LogP contribution is -2.46. The Labute approximate surface area is 167 Å². The molecule has 0 fully saturated rings. The number of ether oxygens (including phenoxy) is 1. The maximum Gasteiger partial charge on any atom is 0.415 e. The molecular weight excluding hydrogens is 372 g/mol. The highest BCUT2D eigenvalue weighted by Gasteiger charge is 2.41. The van der Waals surface area contributed by atoms with Gasteiger partial charge in [0.25, 0.3) is 0 Å². The molecule has 2 aliphatic heterocycles. The zero-order chi connectivity index (χ0) is 20.0. The maximum atomic E-state index is 10.9. The fourth-order valence-corrected chi connectivity index (χ4v) is 4.07. The van der Waals surface area contributed by atoms with Gasteiger partial charge in [0.2, 0.25) is 0 Å². The summed E-state index contributed by atoms with van der Waals surface area (Å²) in [6, 6.07) is 10.3. The predicted molar refractivity (Wildman–Crippen MR) is 104 cm³/mol. The van der Waals surface area contributed by atoms with Crippen LogP contribution in [0.1, 0.15) is 18.2 Å². The van der Waals surface area contributed by atoms with Crippen LogP contribution in [0.25, 0.3) is 11.4 Å². The molecule has 0 N–H and O–H groups in total.